The fraction of sp³-hybridized carbons (Fsp3) is 0.222. The number of aromatic hydroxyl groups is 1. The van der Waals surface area contributed by atoms with Crippen molar-refractivity contribution in [2.45, 2.75) is 12.2 Å². The Morgan fingerprint density at radius 3 is 2.38 bits per heavy atom. The highest BCUT2D eigenvalue weighted by atomic mass is 19.4. The number of nitrogens with two attached hydrogens (primary N) is 1. The Kier molecular flexibility index (Phi) is 3.05. The first-order valence-electron chi connectivity index (χ1n) is 4.02. The summed E-state index contributed by atoms with van der Waals surface area (Å²) in [7, 11) is 0. The molecule has 0 fully saturated rings. The first kappa shape index (κ1) is 12.3. The molecule has 0 saturated carbocycles. The SMILES string of the molecule is N#Cc1cc(F)c(O)c([C@H](N)C(F)(F)F)c1. The van der Waals surface area contributed by atoms with Gasteiger partial charge in [-0.25, -0.2) is 4.39 Å². The number of phenols is 1. The van der Waals surface area contributed by atoms with Gasteiger partial charge >= 0.3 is 6.18 Å². The van der Waals surface area contributed by atoms with Gasteiger partial charge in [0, 0.05) is 5.56 Å². The van der Waals surface area contributed by atoms with Crippen LogP contribution in [0.15, 0.2) is 12.1 Å². The van der Waals surface area contributed by atoms with Crippen LogP contribution in [0, 0.1) is 17.1 Å². The summed E-state index contributed by atoms with van der Waals surface area (Å²) in [6.07, 6.45) is -4.82. The van der Waals surface area contributed by atoms with Crippen molar-refractivity contribution in [1.29, 1.82) is 5.26 Å². The molecule has 7 heteroatoms. The van der Waals surface area contributed by atoms with Crippen molar-refractivity contribution in [3.8, 4) is 11.8 Å². The van der Waals surface area contributed by atoms with E-state index in [2.05, 4.69) is 0 Å². The number of halogens is 4. The fourth-order valence-corrected chi connectivity index (χ4v) is 1.10. The molecule has 16 heavy (non-hydrogen) atoms. The number of rotatable bonds is 1. The highest BCUT2D eigenvalue weighted by Crippen LogP contribution is 2.36. The van der Waals surface area contributed by atoms with Crippen LogP contribution in [0.4, 0.5) is 17.6 Å². The van der Waals surface area contributed by atoms with Gasteiger partial charge in [-0.1, -0.05) is 0 Å². The molecule has 3 nitrogen and oxygen atoms in total. The summed E-state index contributed by atoms with van der Waals surface area (Å²) in [5, 5.41) is 17.5. The third kappa shape index (κ3) is 2.23. The van der Waals surface area contributed by atoms with E-state index in [0.717, 1.165) is 0 Å². The summed E-state index contributed by atoms with van der Waals surface area (Å²) in [5.74, 6) is -2.50. The third-order valence-corrected chi connectivity index (χ3v) is 1.91. The molecule has 0 heterocycles. The Balaban J connectivity index is 3.34. The Morgan fingerprint density at radius 2 is 1.94 bits per heavy atom. The van der Waals surface area contributed by atoms with Crippen molar-refractivity contribution >= 4 is 0 Å². The second kappa shape index (κ2) is 3.98. The largest absolute Gasteiger partial charge is 0.505 e. The average Bonchev–Trinajstić information content (AvgIpc) is 2.19. The van der Waals surface area contributed by atoms with Crippen molar-refractivity contribution in [2.24, 2.45) is 5.73 Å². The molecule has 0 spiro atoms. The maximum Gasteiger partial charge on any atom is 0.407 e. The van der Waals surface area contributed by atoms with Crippen LogP contribution in [-0.2, 0) is 0 Å². The molecule has 0 radical (unpaired) electrons. The Labute approximate surface area is 87.7 Å². The van der Waals surface area contributed by atoms with Crippen LogP contribution in [0.5, 0.6) is 5.75 Å². The maximum atomic E-state index is 13.0. The number of hydrogen-bond donors (Lipinski definition) is 2. The smallest absolute Gasteiger partial charge is 0.407 e. The number of alkyl halides is 3. The Bertz CT molecular complexity index is 450. The lowest BCUT2D eigenvalue weighted by atomic mass is 10.0. The molecule has 0 aromatic heterocycles. The molecule has 1 aromatic carbocycles. The lowest BCUT2D eigenvalue weighted by molar-refractivity contribution is -0.149. The molecule has 1 rings (SSSR count). The summed E-state index contributed by atoms with van der Waals surface area (Å²) in [6, 6.07) is 0.267. The predicted molar refractivity (Wildman–Crippen MR) is 45.8 cm³/mol. The predicted octanol–water partition coefficient (Wildman–Crippen LogP) is 1.97. The van der Waals surface area contributed by atoms with E-state index in [1.165, 1.54) is 6.07 Å². The first-order valence-corrected chi connectivity index (χ1v) is 4.02. The van der Waals surface area contributed by atoms with Gasteiger partial charge in [0.15, 0.2) is 11.6 Å². The van der Waals surface area contributed by atoms with Crippen LogP contribution in [-0.4, -0.2) is 11.3 Å². The lowest BCUT2D eigenvalue weighted by Gasteiger charge is -2.17. The van der Waals surface area contributed by atoms with Crippen molar-refractivity contribution < 1.29 is 22.7 Å². The molecule has 0 unspecified atom stereocenters. The zero-order chi connectivity index (χ0) is 12.5. The van der Waals surface area contributed by atoms with Crippen molar-refractivity contribution in [1.82, 2.24) is 0 Å². The van der Waals surface area contributed by atoms with Gasteiger partial charge in [-0.2, -0.15) is 18.4 Å². The van der Waals surface area contributed by atoms with E-state index in [9.17, 15) is 17.6 Å². The van der Waals surface area contributed by atoms with Crippen LogP contribution in [0.2, 0.25) is 0 Å². The Hall–Kier alpha value is -1.81. The monoisotopic (exact) mass is 234 g/mol. The van der Waals surface area contributed by atoms with E-state index in [1.807, 2.05) is 0 Å². The third-order valence-electron chi connectivity index (χ3n) is 1.91. The minimum atomic E-state index is -4.82. The van der Waals surface area contributed by atoms with Crippen LogP contribution >= 0.6 is 0 Å². The Morgan fingerprint density at radius 1 is 1.38 bits per heavy atom. The highest BCUT2D eigenvalue weighted by molar-refractivity contribution is 5.44. The van der Waals surface area contributed by atoms with E-state index < -0.39 is 29.3 Å². The van der Waals surface area contributed by atoms with Gasteiger partial charge in [-0.05, 0) is 12.1 Å². The molecule has 0 saturated heterocycles. The summed E-state index contributed by atoms with van der Waals surface area (Å²) >= 11 is 0. The molecular formula is C9H6F4N2O. The van der Waals surface area contributed by atoms with Crippen LogP contribution in [0.3, 0.4) is 0 Å². The lowest BCUT2D eigenvalue weighted by Crippen LogP contribution is -2.28. The van der Waals surface area contributed by atoms with E-state index in [4.69, 9.17) is 16.1 Å². The van der Waals surface area contributed by atoms with Crippen molar-refractivity contribution in [3.63, 3.8) is 0 Å². The second-order valence-electron chi connectivity index (χ2n) is 3.03. The number of nitriles is 1. The van der Waals surface area contributed by atoms with Gasteiger partial charge in [0.2, 0.25) is 0 Å². The quantitative estimate of drug-likeness (QED) is 0.729. The minimum Gasteiger partial charge on any atom is -0.505 e. The molecule has 0 amide bonds. The van der Waals surface area contributed by atoms with E-state index in [-0.39, 0.29) is 5.56 Å². The number of hydrogen-bond acceptors (Lipinski definition) is 3. The van der Waals surface area contributed by atoms with E-state index in [0.29, 0.717) is 12.1 Å². The first-order chi connectivity index (χ1) is 7.27. The normalized spacial score (nSPS) is 13.2. The molecule has 1 aromatic rings. The van der Waals surface area contributed by atoms with Gasteiger partial charge in [-0.15, -0.1) is 0 Å². The standard InChI is InChI=1S/C9H6F4N2O/c10-6-2-4(3-14)1-5(7(6)16)8(15)9(11,12)13/h1-2,8,16H,15H2/t8-/m0/s1. The zero-order valence-corrected chi connectivity index (χ0v) is 7.72. The van der Waals surface area contributed by atoms with Crippen LogP contribution in [0.25, 0.3) is 0 Å². The molecule has 0 aliphatic heterocycles. The summed E-state index contributed by atoms with van der Waals surface area (Å²) in [5.41, 5.74) is 3.60. The summed E-state index contributed by atoms with van der Waals surface area (Å²) in [6.45, 7) is 0. The molecule has 1 atom stereocenters. The summed E-state index contributed by atoms with van der Waals surface area (Å²) < 4.78 is 49.7. The van der Waals surface area contributed by atoms with Gasteiger partial charge in [0.1, 0.15) is 6.04 Å². The molecule has 0 aliphatic rings. The molecule has 0 bridgehead atoms. The zero-order valence-electron chi connectivity index (χ0n) is 7.72. The van der Waals surface area contributed by atoms with Gasteiger partial charge < -0.3 is 10.8 Å². The van der Waals surface area contributed by atoms with Gasteiger partial charge in [0.05, 0.1) is 11.6 Å². The van der Waals surface area contributed by atoms with Crippen LogP contribution < -0.4 is 5.73 Å². The molecule has 3 N–H and O–H groups in total. The highest BCUT2D eigenvalue weighted by Gasteiger charge is 2.40. The van der Waals surface area contributed by atoms with Crippen molar-refractivity contribution in [3.05, 3.63) is 29.1 Å². The number of phenolic OH excluding ortho intramolecular Hbond substituents is 1. The van der Waals surface area contributed by atoms with Gasteiger partial charge in [-0.3, -0.25) is 0 Å². The van der Waals surface area contributed by atoms with Crippen molar-refractivity contribution in [2.75, 3.05) is 0 Å². The minimum absolute atomic E-state index is 0.343. The average molecular weight is 234 g/mol. The maximum absolute atomic E-state index is 13.0. The topological polar surface area (TPSA) is 70.0 Å². The summed E-state index contributed by atoms with van der Waals surface area (Å²) in [4.78, 5) is 0. The molecule has 0 aliphatic carbocycles. The second-order valence-corrected chi connectivity index (χ2v) is 3.03. The number of nitrogens with zero attached hydrogens (tertiary/aromatic N) is 1. The number of benzene rings is 1. The van der Waals surface area contributed by atoms with Gasteiger partial charge in [0.25, 0.3) is 0 Å². The van der Waals surface area contributed by atoms with E-state index in [1.54, 1.807) is 0 Å². The fourth-order valence-electron chi connectivity index (χ4n) is 1.10. The van der Waals surface area contributed by atoms with Crippen LogP contribution in [0.1, 0.15) is 17.2 Å². The molecule has 86 valence electrons. The van der Waals surface area contributed by atoms with E-state index >= 15 is 0 Å². The molecular weight excluding hydrogens is 228 g/mol.